The molecule has 0 N–H and O–H groups in total. The van der Waals surface area contributed by atoms with E-state index in [1.807, 2.05) is 0 Å². The summed E-state index contributed by atoms with van der Waals surface area (Å²) in [4.78, 5) is 0. The molecule has 0 heterocycles. The van der Waals surface area contributed by atoms with Gasteiger partial charge < -0.3 is 14.9 Å². The van der Waals surface area contributed by atoms with Crippen LogP contribution in [0.1, 0.15) is 33.1 Å². The zero-order chi connectivity index (χ0) is 12.5. The van der Waals surface area contributed by atoms with Crippen LogP contribution in [0.4, 0.5) is 0 Å². The first-order valence-corrected chi connectivity index (χ1v) is 14.0. The van der Waals surface area contributed by atoms with Gasteiger partial charge in [0.25, 0.3) is 0 Å². The molecule has 0 aromatic carbocycles. The number of hydrogen-bond donors (Lipinski definition) is 0. The molecule has 0 unspecified atom stereocenters. The van der Waals surface area contributed by atoms with Gasteiger partial charge in [-0.25, -0.2) is 0 Å². The first-order chi connectivity index (χ1) is 6.62. The quantitative estimate of drug-likeness (QED) is 0.385. The zero-order valence-electron chi connectivity index (χ0n) is 14.9. The van der Waals surface area contributed by atoms with Gasteiger partial charge in [-0.2, -0.15) is 0 Å². The van der Waals surface area contributed by atoms with Crippen LogP contribution in [-0.4, -0.2) is 16.1 Å². The monoisotopic (exact) mass is 334 g/mol. The normalized spacial score (nSPS) is 10.0. The van der Waals surface area contributed by atoms with Crippen LogP contribution in [0.2, 0.25) is 51.4 Å². The van der Waals surface area contributed by atoms with Gasteiger partial charge in [0.15, 0.2) is 0 Å². The third-order valence-corrected chi connectivity index (χ3v) is 6.13. The zero-order valence-corrected chi connectivity index (χ0v) is 17.8. The second-order valence-corrected chi connectivity index (χ2v) is 18.2. The van der Waals surface area contributed by atoms with E-state index in [9.17, 15) is 0 Å². The van der Waals surface area contributed by atoms with Crippen molar-refractivity contribution in [1.29, 1.82) is 0 Å². The minimum absolute atomic E-state index is 0. The fourth-order valence-corrected chi connectivity index (χ4v) is 4.37. The van der Waals surface area contributed by atoms with Gasteiger partial charge in [0.2, 0.25) is 0 Å². The van der Waals surface area contributed by atoms with E-state index in [4.69, 9.17) is 0 Å². The Bertz CT molecular complexity index is 134. The molecule has 0 aliphatic carbocycles. The summed E-state index contributed by atoms with van der Waals surface area (Å²) in [6.07, 6.45) is 4.18. The Morgan fingerprint density at radius 1 is 0.611 bits per heavy atom. The smallest absolute Gasteiger partial charge is 0.358 e. The van der Waals surface area contributed by atoms with E-state index in [0.29, 0.717) is 0 Å². The molecule has 0 aliphatic heterocycles. The van der Waals surface area contributed by atoms with Crippen LogP contribution in [0.25, 0.3) is 0 Å². The van der Waals surface area contributed by atoms with E-state index in [2.05, 4.69) is 53.1 Å². The van der Waals surface area contributed by atoms with Gasteiger partial charge in [-0.3, -0.25) is 0 Å². The SMILES string of the molecule is CCCC[Si](C)(C)C.CCC[Si](C)(C)C.[CH3-].[CH3-].[Ni+2]. The maximum Gasteiger partial charge on any atom is 2.00 e. The Balaban J connectivity index is -0.0000000540. The predicted octanol–water partition coefficient (Wildman–Crippen LogP) is 6.76. The van der Waals surface area contributed by atoms with Crippen molar-refractivity contribution in [2.24, 2.45) is 0 Å². The molecular formula is C15H40NiSi2. The summed E-state index contributed by atoms with van der Waals surface area (Å²) in [6.45, 7) is 19.1. The first-order valence-electron chi connectivity index (χ1n) is 6.62. The van der Waals surface area contributed by atoms with Crippen LogP contribution in [0.3, 0.4) is 0 Å². The van der Waals surface area contributed by atoms with Gasteiger partial charge in [-0.05, 0) is 0 Å². The molecule has 3 heteroatoms. The standard InChI is InChI=1S/C7H18Si.C6H16Si.2CH3.Ni/c1-5-6-7-8(2,3)4;1-5-6-7(2,3)4;;;/h5-7H2,1-4H3;5-6H2,1-4H3;2*1H3;/q;;2*-1;+2. The van der Waals surface area contributed by atoms with E-state index in [1.165, 1.54) is 31.4 Å². The third-order valence-electron chi connectivity index (χ3n) is 2.28. The Labute approximate surface area is 132 Å². The molecular weight excluding hydrogens is 295 g/mol. The molecule has 0 aromatic rings. The molecule has 0 bridgehead atoms. The van der Waals surface area contributed by atoms with Gasteiger partial charge in [0.1, 0.15) is 0 Å². The summed E-state index contributed by atoms with van der Waals surface area (Å²) in [5.41, 5.74) is 0. The fraction of sp³-hybridized carbons (Fsp3) is 0.867. The Hall–Kier alpha value is 0.927. The van der Waals surface area contributed by atoms with Crippen molar-refractivity contribution in [3.63, 3.8) is 0 Å². The van der Waals surface area contributed by atoms with Crippen molar-refractivity contribution < 1.29 is 16.5 Å². The summed E-state index contributed by atoms with van der Waals surface area (Å²) in [5, 5.41) is 0. The molecule has 0 amide bonds. The number of unbranched alkanes of at least 4 members (excludes halogenated alkanes) is 1. The molecule has 0 fully saturated rings. The van der Waals surface area contributed by atoms with Crippen LogP contribution in [0, 0.1) is 14.9 Å². The second kappa shape index (κ2) is 16.0. The largest absolute Gasteiger partial charge is 2.00 e. The van der Waals surface area contributed by atoms with E-state index >= 15 is 0 Å². The van der Waals surface area contributed by atoms with Crippen LogP contribution >= 0.6 is 0 Å². The van der Waals surface area contributed by atoms with Gasteiger partial charge in [0.05, 0.1) is 0 Å². The average molecular weight is 335 g/mol. The Morgan fingerprint density at radius 2 is 0.944 bits per heavy atom. The third kappa shape index (κ3) is 43.6. The van der Waals surface area contributed by atoms with E-state index in [0.717, 1.165) is 0 Å². The summed E-state index contributed by atoms with van der Waals surface area (Å²) in [7, 11) is -1.34. The molecule has 0 radical (unpaired) electrons. The van der Waals surface area contributed by atoms with Gasteiger partial charge >= 0.3 is 16.5 Å². The number of rotatable bonds is 5. The fourth-order valence-electron chi connectivity index (χ4n) is 1.46. The first kappa shape index (κ1) is 31.4. The molecule has 0 aliphatic rings. The topological polar surface area (TPSA) is 0 Å². The minimum atomic E-state index is -0.678. The van der Waals surface area contributed by atoms with Crippen LogP contribution in [0.15, 0.2) is 0 Å². The second-order valence-electron chi connectivity index (χ2n) is 6.97. The predicted molar refractivity (Wildman–Crippen MR) is 94.3 cm³/mol. The van der Waals surface area contributed by atoms with Crippen molar-refractivity contribution in [3.8, 4) is 0 Å². The summed E-state index contributed by atoms with van der Waals surface area (Å²) in [5.74, 6) is 0. The molecule has 0 atom stereocenters. The van der Waals surface area contributed by atoms with Gasteiger partial charge in [-0.15, -0.1) is 0 Å². The van der Waals surface area contributed by atoms with E-state index < -0.39 is 16.1 Å². The Kier molecular flexibility index (Phi) is 27.8. The molecule has 0 saturated heterocycles. The van der Waals surface area contributed by atoms with Crippen molar-refractivity contribution >= 4 is 16.1 Å². The van der Waals surface area contributed by atoms with Crippen LogP contribution in [-0.2, 0) is 16.5 Å². The maximum atomic E-state index is 2.43. The van der Waals surface area contributed by atoms with Crippen molar-refractivity contribution in [2.75, 3.05) is 0 Å². The number of hydrogen-bond acceptors (Lipinski definition) is 0. The maximum absolute atomic E-state index is 2.43. The molecule has 118 valence electrons. The molecule has 0 aromatic heterocycles. The van der Waals surface area contributed by atoms with Gasteiger partial charge in [0, 0.05) is 16.1 Å². The van der Waals surface area contributed by atoms with E-state index in [1.54, 1.807) is 0 Å². The molecule has 0 spiro atoms. The van der Waals surface area contributed by atoms with Crippen molar-refractivity contribution in [3.05, 3.63) is 14.9 Å². The minimum Gasteiger partial charge on any atom is -0.358 e. The van der Waals surface area contributed by atoms with Crippen LogP contribution in [0.5, 0.6) is 0 Å². The average Bonchev–Trinajstić information content (AvgIpc) is 1.98. The summed E-state index contributed by atoms with van der Waals surface area (Å²) >= 11 is 0. The van der Waals surface area contributed by atoms with Gasteiger partial charge in [-0.1, -0.05) is 84.5 Å². The van der Waals surface area contributed by atoms with Crippen LogP contribution < -0.4 is 0 Å². The van der Waals surface area contributed by atoms with E-state index in [-0.39, 0.29) is 31.3 Å². The summed E-state index contributed by atoms with van der Waals surface area (Å²) in [6, 6.07) is 2.98. The molecule has 18 heavy (non-hydrogen) atoms. The van der Waals surface area contributed by atoms with Crippen molar-refractivity contribution in [2.45, 2.75) is 84.5 Å². The molecule has 0 saturated carbocycles. The molecule has 0 nitrogen and oxygen atoms in total. The summed E-state index contributed by atoms with van der Waals surface area (Å²) < 4.78 is 0. The Morgan fingerprint density at radius 3 is 1.00 bits per heavy atom. The van der Waals surface area contributed by atoms with Crippen molar-refractivity contribution in [1.82, 2.24) is 0 Å². The molecule has 0 rings (SSSR count).